The number of aryl methyl sites for hydroxylation is 1. The van der Waals surface area contributed by atoms with Crippen LogP contribution in [-0.2, 0) is 17.6 Å². The van der Waals surface area contributed by atoms with Crippen molar-refractivity contribution in [1.29, 1.82) is 0 Å². The first-order valence-corrected chi connectivity index (χ1v) is 11.2. The minimum atomic E-state index is 0. The predicted molar refractivity (Wildman–Crippen MR) is 126 cm³/mol. The number of carbonyl (C=O) groups excluding carboxylic acids is 1. The Hall–Kier alpha value is -0.610. The normalized spacial score (nSPS) is 21.3. The van der Waals surface area contributed by atoms with E-state index in [1.165, 1.54) is 71.0 Å². The van der Waals surface area contributed by atoms with Gasteiger partial charge in [-0.2, -0.15) is 0 Å². The molecule has 164 valence electrons. The van der Waals surface area contributed by atoms with Gasteiger partial charge in [0.05, 0.1) is 6.54 Å². The van der Waals surface area contributed by atoms with E-state index in [1.54, 1.807) is 23.6 Å². The van der Waals surface area contributed by atoms with Gasteiger partial charge in [0.25, 0.3) is 0 Å². The fourth-order valence-electron chi connectivity index (χ4n) is 5.61. The van der Waals surface area contributed by atoms with Crippen molar-refractivity contribution in [2.75, 3.05) is 39.3 Å². The van der Waals surface area contributed by atoms with Crippen LogP contribution in [0.25, 0.3) is 0 Å². The van der Waals surface area contributed by atoms with Gasteiger partial charge in [0.1, 0.15) is 5.78 Å². The predicted octanol–water partition coefficient (Wildman–Crippen LogP) is 4.89. The van der Waals surface area contributed by atoms with E-state index in [1.807, 2.05) is 0 Å². The Balaban J connectivity index is 0.00000150. The molecular weight excluding hydrogens is 403 g/mol. The topological polar surface area (TPSA) is 23.6 Å². The number of rotatable bonds is 6. The second-order valence-corrected chi connectivity index (χ2v) is 9.16. The number of nitrogens with zero attached hydrogens (tertiary/aromatic N) is 2. The van der Waals surface area contributed by atoms with Gasteiger partial charge in [0.15, 0.2) is 0 Å². The lowest BCUT2D eigenvalue weighted by Crippen LogP contribution is -2.38. The zero-order valence-electron chi connectivity index (χ0n) is 17.9. The summed E-state index contributed by atoms with van der Waals surface area (Å²) in [4.78, 5) is 16.3. The number of ketones is 1. The van der Waals surface area contributed by atoms with Crippen molar-refractivity contribution < 1.29 is 4.79 Å². The van der Waals surface area contributed by atoms with Gasteiger partial charge in [-0.25, -0.2) is 0 Å². The van der Waals surface area contributed by atoms with E-state index < -0.39 is 0 Å². The van der Waals surface area contributed by atoms with E-state index in [0.29, 0.717) is 12.3 Å². The molecule has 0 aromatic heterocycles. The van der Waals surface area contributed by atoms with Crippen molar-refractivity contribution in [3.8, 4) is 0 Å². The molecule has 2 fully saturated rings. The molecule has 0 N–H and O–H groups in total. The van der Waals surface area contributed by atoms with Crippen LogP contribution in [0.3, 0.4) is 0 Å². The first-order valence-electron chi connectivity index (χ1n) is 11.2. The molecule has 0 saturated carbocycles. The van der Waals surface area contributed by atoms with Crippen LogP contribution in [0.15, 0.2) is 18.2 Å². The zero-order valence-corrected chi connectivity index (χ0v) is 19.5. The summed E-state index contributed by atoms with van der Waals surface area (Å²) < 4.78 is 0. The first-order chi connectivity index (χ1) is 13.2. The highest BCUT2D eigenvalue weighted by molar-refractivity contribution is 5.85. The molecule has 0 atom stereocenters. The van der Waals surface area contributed by atoms with Crippen LogP contribution in [-0.4, -0.2) is 54.9 Å². The largest absolute Gasteiger partial charge is 0.303 e. The lowest BCUT2D eigenvalue weighted by molar-refractivity contribution is -0.118. The molecule has 0 spiro atoms. The molecule has 2 aliphatic heterocycles. The number of piperidine rings is 2. The minimum Gasteiger partial charge on any atom is -0.303 e. The van der Waals surface area contributed by atoms with Crippen LogP contribution in [0.1, 0.15) is 68.1 Å². The molecule has 4 rings (SSSR count). The van der Waals surface area contributed by atoms with Gasteiger partial charge in [-0.05, 0) is 120 Å². The van der Waals surface area contributed by atoms with Crippen LogP contribution in [0.5, 0.6) is 0 Å². The summed E-state index contributed by atoms with van der Waals surface area (Å²) in [6.07, 6.45) is 10.6. The van der Waals surface area contributed by atoms with Crippen molar-refractivity contribution in [1.82, 2.24) is 9.80 Å². The van der Waals surface area contributed by atoms with Crippen LogP contribution >= 0.6 is 24.8 Å². The highest BCUT2D eigenvalue weighted by Crippen LogP contribution is 2.35. The second-order valence-electron chi connectivity index (χ2n) is 9.16. The van der Waals surface area contributed by atoms with Crippen molar-refractivity contribution in [2.45, 2.75) is 64.2 Å². The van der Waals surface area contributed by atoms with Gasteiger partial charge < -0.3 is 4.90 Å². The minimum absolute atomic E-state index is 0. The Bertz CT molecular complexity index is 650. The molecule has 3 nitrogen and oxygen atoms in total. The highest BCUT2D eigenvalue weighted by atomic mass is 35.5. The number of halogens is 2. The number of benzene rings is 1. The van der Waals surface area contributed by atoms with Gasteiger partial charge in [-0.1, -0.05) is 18.2 Å². The molecule has 0 radical (unpaired) electrons. The van der Waals surface area contributed by atoms with Crippen LogP contribution in [0, 0.1) is 5.92 Å². The standard InChI is InChI=1S/C24H36N2O.2ClH/c1-19(27)18-26-14-9-20(10-15-26)8-13-25-16-11-22(12-17-25)24-7-3-5-21-4-2-6-23(21)24;;/h3,5,7,20,22H,2,4,6,8-18H2,1H3;2*1H. The molecule has 1 aromatic carbocycles. The highest BCUT2D eigenvalue weighted by Gasteiger charge is 2.26. The summed E-state index contributed by atoms with van der Waals surface area (Å²) in [7, 11) is 0. The van der Waals surface area contributed by atoms with Crippen molar-refractivity contribution in [3.63, 3.8) is 0 Å². The summed E-state index contributed by atoms with van der Waals surface area (Å²) in [6.45, 7) is 8.42. The maximum Gasteiger partial charge on any atom is 0.143 e. The van der Waals surface area contributed by atoms with Crippen molar-refractivity contribution >= 4 is 30.6 Å². The van der Waals surface area contributed by atoms with Crippen molar-refractivity contribution in [3.05, 3.63) is 34.9 Å². The van der Waals surface area contributed by atoms with Gasteiger partial charge in [0, 0.05) is 0 Å². The van der Waals surface area contributed by atoms with Gasteiger partial charge >= 0.3 is 0 Å². The first kappa shape index (κ1) is 24.7. The lowest BCUT2D eigenvalue weighted by Gasteiger charge is -2.35. The smallest absolute Gasteiger partial charge is 0.143 e. The third kappa shape index (κ3) is 6.43. The Kier molecular flexibility index (Phi) is 9.94. The Morgan fingerprint density at radius 2 is 1.66 bits per heavy atom. The molecule has 0 unspecified atom stereocenters. The van der Waals surface area contributed by atoms with Crippen molar-refractivity contribution in [2.24, 2.45) is 5.92 Å². The number of Topliss-reactive ketones (excluding diaryl/α,β-unsaturated/α-hetero) is 1. The molecule has 29 heavy (non-hydrogen) atoms. The fourth-order valence-corrected chi connectivity index (χ4v) is 5.61. The van der Waals surface area contributed by atoms with Crippen LogP contribution in [0.2, 0.25) is 0 Å². The second kappa shape index (κ2) is 11.7. The van der Waals surface area contributed by atoms with E-state index in [4.69, 9.17) is 0 Å². The van der Waals surface area contributed by atoms with E-state index >= 15 is 0 Å². The van der Waals surface area contributed by atoms with E-state index in [-0.39, 0.29) is 24.8 Å². The average molecular weight is 441 g/mol. The maximum absolute atomic E-state index is 11.3. The van der Waals surface area contributed by atoms with Gasteiger partial charge in [-0.3, -0.25) is 9.69 Å². The number of hydrogen-bond acceptors (Lipinski definition) is 3. The van der Waals surface area contributed by atoms with Gasteiger partial charge in [-0.15, -0.1) is 24.8 Å². The quantitative estimate of drug-likeness (QED) is 0.628. The molecule has 1 aliphatic carbocycles. The van der Waals surface area contributed by atoms with E-state index in [0.717, 1.165) is 24.9 Å². The molecule has 3 aliphatic rings. The zero-order chi connectivity index (χ0) is 18.6. The molecule has 0 amide bonds. The van der Waals surface area contributed by atoms with E-state index in [2.05, 4.69) is 28.0 Å². The molecule has 0 bridgehead atoms. The Morgan fingerprint density at radius 1 is 0.966 bits per heavy atom. The number of fused-ring (bicyclic) bond motifs is 1. The summed E-state index contributed by atoms with van der Waals surface area (Å²) in [6, 6.07) is 7.06. The summed E-state index contributed by atoms with van der Waals surface area (Å²) >= 11 is 0. The molecule has 2 saturated heterocycles. The molecule has 5 heteroatoms. The lowest BCUT2D eigenvalue weighted by atomic mass is 9.85. The van der Waals surface area contributed by atoms with Gasteiger partial charge in [0.2, 0.25) is 0 Å². The van der Waals surface area contributed by atoms with E-state index in [9.17, 15) is 4.79 Å². The Labute approximate surface area is 189 Å². The van der Waals surface area contributed by atoms with Crippen LogP contribution in [0.4, 0.5) is 0 Å². The number of likely N-dealkylation sites (tertiary alicyclic amines) is 2. The molecule has 1 aromatic rings. The third-order valence-corrected chi connectivity index (χ3v) is 7.22. The van der Waals surface area contributed by atoms with Crippen LogP contribution < -0.4 is 0 Å². The third-order valence-electron chi connectivity index (χ3n) is 7.22. The molecule has 2 heterocycles. The number of hydrogen-bond donors (Lipinski definition) is 0. The maximum atomic E-state index is 11.3. The SMILES string of the molecule is CC(=O)CN1CCC(CCN2CCC(c3cccc4c3CCC4)CC2)CC1.Cl.Cl. The summed E-state index contributed by atoms with van der Waals surface area (Å²) in [5.41, 5.74) is 5.02. The fraction of sp³-hybridized carbons (Fsp3) is 0.708. The summed E-state index contributed by atoms with van der Waals surface area (Å²) in [5, 5.41) is 0. The average Bonchev–Trinajstić information content (AvgIpc) is 3.16. The summed E-state index contributed by atoms with van der Waals surface area (Å²) in [5.74, 6) is 1.97. The monoisotopic (exact) mass is 440 g/mol. The number of carbonyl (C=O) groups is 1. The Morgan fingerprint density at radius 3 is 2.34 bits per heavy atom. The molecular formula is C24H38Cl2N2O.